The number of anilines is 3. The highest BCUT2D eigenvalue weighted by Gasteiger charge is 2.20. The van der Waals surface area contributed by atoms with E-state index in [9.17, 15) is 0 Å². The second-order valence-electron chi connectivity index (χ2n) is 6.47. The fraction of sp³-hybridized carbons (Fsp3) is 0.444. The molecule has 3 heterocycles. The molecule has 1 aromatic heterocycles. The largest absolute Gasteiger partial charge is 0.378 e. The predicted molar refractivity (Wildman–Crippen MR) is 114 cm³/mol. The SMILES string of the molecule is Clc1cccc(/C=N/Nc2nc(N3CCOCC3)nc(N3CCOCC3)n2)c1Cl. The fourth-order valence-corrected chi connectivity index (χ4v) is 3.35. The lowest BCUT2D eigenvalue weighted by atomic mass is 10.2. The average Bonchev–Trinajstić information content (AvgIpc) is 2.78. The smallest absolute Gasteiger partial charge is 0.250 e. The third-order valence-corrected chi connectivity index (χ3v) is 5.38. The first kappa shape index (κ1) is 20.1. The minimum Gasteiger partial charge on any atom is -0.378 e. The van der Waals surface area contributed by atoms with Gasteiger partial charge in [-0.2, -0.15) is 20.1 Å². The number of halogens is 2. The topological polar surface area (TPSA) is 88.0 Å². The number of aromatic nitrogens is 3. The molecule has 0 saturated carbocycles. The first-order valence-corrected chi connectivity index (χ1v) is 10.1. The number of hydrogen-bond acceptors (Lipinski definition) is 9. The van der Waals surface area contributed by atoms with Crippen LogP contribution < -0.4 is 15.2 Å². The van der Waals surface area contributed by atoms with Crippen molar-refractivity contribution in [3.05, 3.63) is 33.8 Å². The van der Waals surface area contributed by atoms with Gasteiger partial charge in [-0.15, -0.1) is 0 Å². The van der Waals surface area contributed by atoms with Gasteiger partial charge in [0.05, 0.1) is 42.7 Å². The van der Waals surface area contributed by atoms with Crippen molar-refractivity contribution < 1.29 is 9.47 Å². The standard InChI is InChI=1S/C18H21Cl2N7O2/c19-14-3-1-2-13(15(14)20)12-21-25-16-22-17(26-4-8-28-9-5-26)24-18(23-16)27-6-10-29-11-7-27/h1-3,12H,4-11H2,(H,22,23,24,25)/b21-12+. The summed E-state index contributed by atoms with van der Waals surface area (Å²) in [7, 11) is 0. The first-order chi connectivity index (χ1) is 14.2. The molecule has 0 spiro atoms. The summed E-state index contributed by atoms with van der Waals surface area (Å²) in [5.41, 5.74) is 3.59. The average molecular weight is 438 g/mol. The van der Waals surface area contributed by atoms with Gasteiger partial charge >= 0.3 is 0 Å². The molecule has 11 heteroatoms. The molecule has 2 saturated heterocycles. The van der Waals surface area contributed by atoms with Gasteiger partial charge in [0.15, 0.2) is 0 Å². The van der Waals surface area contributed by atoms with Gasteiger partial charge in [0.25, 0.3) is 0 Å². The Hall–Kier alpha value is -2.20. The molecule has 0 radical (unpaired) electrons. The van der Waals surface area contributed by atoms with E-state index in [2.05, 4.69) is 35.3 Å². The summed E-state index contributed by atoms with van der Waals surface area (Å²) in [6.45, 7) is 5.50. The summed E-state index contributed by atoms with van der Waals surface area (Å²) < 4.78 is 10.9. The number of morpholine rings is 2. The number of nitrogens with zero attached hydrogens (tertiary/aromatic N) is 6. The first-order valence-electron chi connectivity index (χ1n) is 9.35. The van der Waals surface area contributed by atoms with Crippen LogP contribution in [-0.2, 0) is 9.47 Å². The molecule has 154 valence electrons. The van der Waals surface area contributed by atoms with Gasteiger partial charge in [-0.05, 0) is 6.07 Å². The van der Waals surface area contributed by atoms with Crippen LogP contribution in [0.3, 0.4) is 0 Å². The van der Waals surface area contributed by atoms with Gasteiger partial charge in [-0.3, -0.25) is 0 Å². The molecular weight excluding hydrogens is 417 g/mol. The van der Waals surface area contributed by atoms with Crippen LogP contribution in [0.15, 0.2) is 23.3 Å². The van der Waals surface area contributed by atoms with Crippen molar-refractivity contribution in [3.8, 4) is 0 Å². The Morgan fingerprint density at radius 2 is 1.48 bits per heavy atom. The van der Waals surface area contributed by atoms with Crippen molar-refractivity contribution in [2.24, 2.45) is 5.10 Å². The molecule has 4 rings (SSSR count). The maximum atomic E-state index is 6.20. The highest BCUT2D eigenvalue weighted by molar-refractivity contribution is 6.43. The van der Waals surface area contributed by atoms with Crippen LogP contribution in [0.2, 0.25) is 10.0 Å². The molecule has 0 amide bonds. The van der Waals surface area contributed by atoms with Crippen LogP contribution >= 0.6 is 23.2 Å². The molecule has 0 aliphatic carbocycles. The van der Waals surface area contributed by atoms with Crippen molar-refractivity contribution >= 4 is 47.3 Å². The van der Waals surface area contributed by atoms with Crippen LogP contribution in [0.1, 0.15) is 5.56 Å². The predicted octanol–water partition coefficient (Wildman–Crippen LogP) is 2.30. The summed E-state index contributed by atoms with van der Waals surface area (Å²) in [6.07, 6.45) is 1.58. The van der Waals surface area contributed by atoms with Gasteiger partial charge in [0, 0.05) is 31.7 Å². The second kappa shape index (κ2) is 9.53. The lowest BCUT2D eigenvalue weighted by molar-refractivity contribution is 0.121. The zero-order chi connectivity index (χ0) is 20.1. The number of hydrogen-bond donors (Lipinski definition) is 1. The molecule has 2 fully saturated rings. The third kappa shape index (κ3) is 5.05. The van der Waals surface area contributed by atoms with Crippen LogP contribution in [0.5, 0.6) is 0 Å². The van der Waals surface area contributed by atoms with Gasteiger partial charge in [-0.25, -0.2) is 5.43 Å². The minimum atomic E-state index is 0.359. The number of ether oxygens (including phenoxy) is 2. The number of benzene rings is 1. The van der Waals surface area contributed by atoms with E-state index in [1.165, 1.54) is 0 Å². The lowest BCUT2D eigenvalue weighted by Gasteiger charge is -2.30. The lowest BCUT2D eigenvalue weighted by Crippen LogP contribution is -2.40. The van der Waals surface area contributed by atoms with Gasteiger partial charge in [0.1, 0.15) is 0 Å². The summed E-state index contributed by atoms with van der Waals surface area (Å²) >= 11 is 12.2. The summed E-state index contributed by atoms with van der Waals surface area (Å²) in [5, 5.41) is 5.14. The maximum Gasteiger partial charge on any atom is 0.250 e. The molecule has 1 N–H and O–H groups in total. The molecule has 1 aromatic carbocycles. The summed E-state index contributed by atoms with van der Waals surface area (Å²) in [4.78, 5) is 17.9. The van der Waals surface area contributed by atoms with Gasteiger partial charge < -0.3 is 19.3 Å². The highest BCUT2D eigenvalue weighted by atomic mass is 35.5. The van der Waals surface area contributed by atoms with E-state index < -0.39 is 0 Å². The van der Waals surface area contributed by atoms with E-state index in [4.69, 9.17) is 32.7 Å². The molecule has 0 unspecified atom stereocenters. The van der Waals surface area contributed by atoms with Crippen LogP contribution in [0.4, 0.5) is 17.8 Å². The Kier molecular flexibility index (Phi) is 6.60. The van der Waals surface area contributed by atoms with Gasteiger partial charge in [0.2, 0.25) is 17.8 Å². The fourth-order valence-electron chi connectivity index (χ4n) is 2.99. The van der Waals surface area contributed by atoms with Crippen molar-refractivity contribution in [2.75, 3.05) is 67.8 Å². The Balaban J connectivity index is 1.57. The Labute approximate surface area is 178 Å². The van der Waals surface area contributed by atoms with Crippen LogP contribution in [0.25, 0.3) is 0 Å². The third-order valence-electron chi connectivity index (χ3n) is 4.55. The number of rotatable bonds is 5. The van der Waals surface area contributed by atoms with E-state index in [-0.39, 0.29) is 0 Å². The minimum absolute atomic E-state index is 0.359. The zero-order valence-corrected chi connectivity index (χ0v) is 17.2. The highest BCUT2D eigenvalue weighted by Crippen LogP contribution is 2.24. The van der Waals surface area contributed by atoms with Crippen molar-refractivity contribution in [3.63, 3.8) is 0 Å². The Morgan fingerprint density at radius 3 is 2.07 bits per heavy atom. The van der Waals surface area contributed by atoms with Crippen molar-refractivity contribution in [1.29, 1.82) is 0 Å². The molecule has 0 bridgehead atoms. The van der Waals surface area contributed by atoms with Crippen molar-refractivity contribution in [1.82, 2.24) is 15.0 Å². The Bertz CT molecular complexity index is 835. The molecular formula is C18H21Cl2N7O2. The maximum absolute atomic E-state index is 6.20. The monoisotopic (exact) mass is 437 g/mol. The molecule has 2 aromatic rings. The van der Waals surface area contributed by atoms with E-state index in [0.29, 0.717) is 59.9 Å². The number of hydrazone groups is 1. The second-order valence-corrected chi connectivity index (χ2v) is 7.26. The quantitative estimate of drug-likeness (QED) is 0.562. The number of nitrogens with one attached hydrogen (secondary N) is 1. The van der Waals surface area contributed by atoms with Gasteiger partial charge in [-0.1, -0.05) is 35.3 Å². The zero-order valence-electron chi connectivity index (χ0n) is 15.7. The molecule has 2 aliphatic rings. The van der Waals surface area contributed by atoms with Crippen LogP contribution in [0, 0.1) is 0 Å². The van der Waals surface area contributed by atoms with Crippen LogP contribution in [-0.4, -0.2) is 73.8 Å². The summed E-state index contributed by atoms with van der Waals surface area (Å²) in [5.74, 6) is 1.56. The summed E-state index contributed by atoms with van der Waals surface area (Å²) in [6, 6.07) is 5.36. The van der Waals surface area contributed by atoms with E-state index in [1.54, 1.807) is 12.3 Å². The molecule has 2 aliphatic heterocycles. The Morgan fingerprint density at radius 1 is 0.897 bits per heavy atom. The molecule has 9 nitrogen and oxygen atoms in total. The van der Waals surface area contributed by atoms with E-state index >= 15 is 0 Å². The van der Waals surface area contributed by atoms with Crippen molar-refractivity contribution in [2.45, 2.75) is 0 Å². The normalized spacial score (nSPS) is 17.7. The molecule has 0 atom stereocenters. The van der Waals surface area contributed by atoms with E-state index in [1.807, 2.05) is 12.1 Å². The van der Waals surface area contributed by atoms with E-state index in [0.717, 1.165) is 26.2 Å². The molecule has 29 heavy (non-hydrogen) atoms.